The Hall–Kier alpha value is -2.11. The average Bonchev–Trinajstić information content (AvgIpc) is 2.29. The number of para-hydroxylation sites is 2. The Morgan fingerprint density at radius 1 is 1.50 bits per heavy atom. The second kappa shape index (κ2) is 6.00. The van der Waals surface area contributed by atoms with Gasteiger partial charge in [-0.3, -0.25) is 14.9 Å². The second-order valence-electron chi connectivity index (χ2n) is 3.98. The van der Waals surface area contributed by atoms with E-state index in [1.54, 1.807) is 30.0 Å². The molecule has 0 aliphatic rings. The van der Waals surface area contributed by atoms with Crippen LogP contribution in [0.25, 0.3) is 0 Å². The number of nitro groups is 1. The van der Waals surface area contributed by atoms with Crippen molar-refractivity contribution in [2.24, 2.45) is 0 Å². The Bertz CT molecular complexity index is 447. The van der Waals surface area contributed by atoms with Crippen LogP contribution in [-0.4, -0.2) is 28.6 Å². The quantitative estimate of drug-likeness (QED) is 0.620. The average molecular weight is 252 g/mol. The predicted molar refractivity (Wildman–Crippen MR) is 67.8 cm³/mol. The third-order valence-electron chi connectivity index (χ3n) is 2.73. The summed E-state index contributed by atoms with van der Waals surface area (Å²) < 4.78 is 0. The molecule has 6 nitrogen and oxygen atoms in total. The van der Waals surface area contributed by atoms with Gasteiger partial charge >= 0.3 is 5.97 Å². The molecule has 0 bridgehead atoms. The molecule has 98 valence electrons. The first-order chi connectivity index (χ1) is 8.47. The van der Waals surface area contributed by atoms with E-state index in [0.717, 1.165) is 0 Å². The van der Waals surface area contributed by atoms with Crippen LogP contribution in [0.15, 0.2) is 24.3 Å². The third-order valence-corrected chi connectivity index (χ3v) is 2.73. The van der Waals surface area contributed by atoms with E-state index in [-0.39, 0.29) is 18.2 Å². The fourth-order valence-electron chi connectivity index (χ4n) is 1.94. The highest BCUT2D eigenvalue weighted by Crippen LogP contribution is 2.29. The highest BCUT2D eigenvalue weighted by molar-refractivity contribution is 5.70. The van der Waals surface area contributed by atoms with E-state index in [1.165, 1.54) is 6.07 Å². The normalized spacial score (nSPS) is 11.9. The van der Waals surface area contributed by atoms with Gasteiger partial charge in [-0.2, -0.15) is 0 Å². The van der Waals surface area contributed by atoms with Crippen LogP contribution < -0.4 is 4.90 Å². The van der Waals surface area contributed by atoms with Gasteiger partial charge in [0.2, 0.25) is 0 Å². The lowest BCUT2D eigenvalue weighted by Gasteiger charge is -2.28. The summed E-state index contributed by atoms with van der Waals surface area (Å²) in [5, 5.41) is 19.7. The Morgan fingerprint density at radius 3 is 2.61 bits per heavy atom. The molecule has 1 aromatic carbocycles. The number of hydrogen-bond acceptors (Lipinski definition) is 4. The molecule has 6 heteroatoms. The second-order valence-corrected chi connectivity index (χ2v) is 3.98. The van der Waals surface area contributed by atoms with Crippen LogP contribution in [0.2, 0.25) is 0 Å². The number of carboxylic acid groups (broad SMARTS) is 1. The van der Waals surface area contributed by atoms with Gasteiger partial charge < -0.3 is 10.0 Å². The molecule has 0 amide bonds. The fraction of sp³-hybridized carbons (Fsp3) is 0.417. The van der Waals surface area contributed by atoms with Gasteiger partial charge in [0.15, 0.2) is 0 Å². The smallest absolute Gasteiger partial charge is 0.305 e. The van der Waals surface area contributed by atoms with Crippen LogP contribution >= 0.6 is 0 Å². The summed E-state index contributed by atoms with van der Waals surface area (Å²) in [7, 11) is 0. The van der Waals surface area contributed by atoms with Crippen LogP contribution in [0.4, 0.5) is 11.4 Å². The van der Waals surface area contributed by atoms with E-state index in [4.69, 9.17) is 5.11 Å². The molecule has 0 spiro atoms. The molecular formula is C12H16N2O4. The molecule has 1 N–H and O–H groups in total. The summed E-state index contributed by atoms with van der Waals surface area (Å²) in [6.45, 7) is 4.10. The Kier molecular flexibility index (Phi) is 4.65. The van der Waals surface area contributed by atoms with Crippen molar-refractivity contribution >= 4 is 17.3 Å². The van der Waals surface area contributed by atoms with Crippen molar-refractivity contribution in [2.45, 2.75) is 26.3 Å². The first-order valence-electron chi connectivity index (χ1n) is 5.69. The maximum Gasteiger partial charge on any atom is 0.305 e. The van der Waals surface area contributed by atoms with Crippen molar-refractivity contribution in [2.75, 3.05) is 11.4 Å². The fourth-order valence-corrected chi connectivity index (χ4v) is 1.94. The molecular weight excluding hydrogens is 236 g/mol. The van der Waals surface area contributed by atoms with Crippen LogP contribution in [0.1, 0.15) is 20.3 Å². The first-order valence-corrected chi connectivity index (χ1v) is 5.69. The van der Waals surface area contributed by atoms with Crippen LogP contribution in [0.3, 0.4) is 0 Å². The minimum atomic E-state index is -0.917. The van der Waals surface area contributed by atoms with Crippen molar-refractivity contribution in [3.63, 3.8) is 0 Å². The van der Waals surface area contributed by atoms with E-state index < -0.39 is 10.9 Å². The minimum absolute atomic E-state index is 0.00316. The SMILES string of the molecule is CCN(c1ccccc1[N+](=O)[O-])C(C)CC(=O)O. The van der Waals surface area contributed by atoms with E-state index in [1.807, 2.05) is 6.92 Å². The monoisotopic (exact) mass is 252 g/mol. The lowest BCUT2D eigenvalue weighted by atomic mass is 10.1. The van der Waals surface area contributed by atoms with Crippen molar-refractivity contribution in [3.8, 4) is 0 Å². The summed E-state index contributed by atoms with van der Waals surface area (Å²) >= 11 is 0. The van der Waals surface area contributed by atoms with E-state index in [0.29, 0.717) is 12.2 Å². The molecule has 1 atom stereocenters. The zero-order valence-corrected chi connectivity index (χ0v) is 10.4. The van der Waals surface area contributed by atoms with Gasteiger partial charge in [-0.25, -0.2) is 0 Å². The summed E-state index contributed by atoms with van der Waals surface area (Å²) in [5.74, 6) is -0.917. The zero-order chi connectivity index (χ0) is 13.7. The lowest BCUT2D eigenvalue weighted by Crippen LogP contribution is -2.35. The van der Waals surface area contributed by atoms with Crippen molar-refractivity contribution in [1.82, 2.24) is 0 Å². The van der Waals surface area contributed by atoms with Gasteiger partial charge in [-0.1, -0.05) is 12.1 Å². The number of hydrogen-bond donors (Lipinski definition) is 1. The summed E-state index contributed by atoms with van der Waals surface area (Å²) in [4.78, 5) is 22.9. The van der Waals surface area contributed by atoms with E-state index in [9.17, 15) is 14.9 Å². The van der Waals surface area contributed by atoms with Gasteiger partial charge in [0.05, 0.1) is 11.3 Å². The van der Waals surface area contributed by atoms with Crippen LogP contribution in [0, 0.1) is 10.1 Å². The molecule has 1 unspecified atom stereocenters. The summed E-state index contributed by atoms with van der Waals surface area (Å²) in [6.07, 6.45) is -0.0557. The summed E-state index contributed by atoms with van der Waals surface area (Å²) in [6, 6.07) is 6.06. The number of nitrogens with zero attached hydrogens (tertiary/aromatic N) is 2. The molecule has 1 aromatic rings. The van der Waals surface area contributed by atoms with Gasteiger partial charge in [-0.05, 0) is 19.9 Å². The molecule has 18 heavy (non-hydrogen) atoms. The molecule has 0 saturated heterocycles. The van der Waals surface area contributed by atoms with Gasteiger partial charge in [-0.15, -0.1) is 0 Å². The molecule has 0 saturated carbocycles. The largest absolute Gasteiger partial charge is 0.481 e. The third kappa shape index (κ3) is 3.19. The molecule has 0 aliphatic heterocycles. The van der Waals surface area contributed by atoms with Crippen LogP contribution in [0.5, 0.6) is 0 Å². The topological polar surface area (TPSA) is 83.7 Å². The number of nitro benzene ring substituents is 1. The number of anilines is 1. The maximum absolute atomic E-state index is 10.9. The predicted octanol–water partition coefficient (Wildman–Crippen LogP) is 2.28. The Morgan fingerprint density at radius 2 is 2.11 bits per heavy atom. The van der Waals surface area contributed by atoms with Crippen molar-refractivity contribution < 1.29 is 14.8 Å². The van der Waals surface area contributed by atoms with Gasteiger partial charge in [0, 0.05) is 18.7 Å². The molecule has 1 rings (SSSR count). The minimum Gasteiger partial charge on any atom is -0.481 e. The standard InChI is InChI=1S/C12H16N2O4/c1-3-13(9(2)8-12(15)16)10-6-4-5-7-11(10)14(17)18/h4-7,9H,3,8H2,1-2H3,(H,15,16). The number of aliphatic carboxylic acids is 1. The summed E-state index contributed by atoms with van der Waals surface area (Å²) in [5.41, 5.74) is 0.454. The van der Waals surface area contributed by atoms with Crippen LogP contribution in [-0.2, 0) is 4.79 Å². The lowest BCUT2D eigenvalue weighted by molar-refractivity contribution is -0.384. The van der Waals surface area contributed by atoms with Gasteiger partial charge in [0.25, 0.3) is 5.69 Å². The zero-order valence-electron chi connectivity index (χ0n) is 10.4. The van der Waals surface area contributed by atoms with Gasteiger partial charge in [0.1, 0.15) is 5.69 Å². The molecule has 0 fully saturated rings. The van der Waals surface area contributed by atoms with E-state index >= 15 is 0 Å². The van der Waals surface area contributed by atoms with Crippen molar-refractivity contribution in [3.05, 3.63) is 34.4 Å². The number of benzene rings is 1. The highest BCUT2D eigenvalue weighted by atomic mass is 16.6. The molecule has 0 heterocycles. The molecule has 0 radical (unpaired) electrons. The number of carbonyl (C=O) groups is 1. The number of carboxylic acids is 1. The molecule has 0 aliphatic carbocycles. The number of rotatable bonds is 6. The first kappa shape index (κ1) is 14.0. The van der Waals surface area contributed by atoms with E-state index in [2.05, 4.69) is 0 Å². The Labute approximate surface area is 105 Å². The maximum atomic E-state index is 10.9. The highest BCUT2D eigenvalue weighted by Gasteiger charge is 2.22. The Balaban J connectivity index is 3.08. The van der Waals surface area contributed by atoms with Crippen molar-refractivity contribution in [1.29, 1.82) is 0 Å². The molecule has 0 aromatic heterocycles.